The molecule has 58 valence electrons. The lowest BCUT2D eigenvalue weighted by Gasteiger charge is -2.00. The zero-order valence-corrected chi connectivity index (χ0v) is 7.04. The van der Waals surface area contributed by atoms with Gasteiger partial charge in [0.25, 0.3) is 0 Å². The molecule has 1 unspecified atom stereocenters. The van der Waals surface area contributed by atoms with Gasteiger partial charge in [0.15, 0.2) is 0 Å². The monoisotopic (exact) mass is 140 g/mol. The number of hydrogen-bond acceptors (Lipinski definition) is 1. The molecule has 0 aromatic heterocycles. The molecule has 0 fully saturated rings. The van der Waals surface area contributed by atoms with Crippen LogP contribution in [-0.4, -0.2) is 19.6 Å². The Hall–Kier alpha value is -0.660. The summed E-state index contributed by atoms with van der Waals surface area (Å²) in [6.45, 7) is 4.40. The maximum Gasteiger partial charge on any atom is 0.109 e. The zero-order chi connectivity index (χ0) is 7.82. The molecule has 0 heterocycles. The van der Waals surface area contributed by atoms with E-state index in [1.54, 1.807) is 13.4 Å². The van der Waals surface area contributed by atoms with Crippen LogP contribution >= 0.6 is 0 Å². The van der Waals surface area contributed by atoms with Crippen molar-refractivity contribution in [1.82, 2.24) is 0 Å². The molecule has 0 aliphatic carbocycles. The van der Waals surface area contributed by atoms with Crippen molar-refractivity contribution in [1.29, 1.82) is 0 Å². The Morgan fingerprint density at radius 1 is 1.50 bits per heavy atom. The van der Waals surface area contributed by atoms with Crippen molar-refractivity contribution in [2.75, 3.05) is 7.05 Å². The minimum absolute atomic E-state index is 0.744. The van der Waals surface area contributed by atoms with Crippen molar-refractivity contribution in [2.24, 2.45) is 15.9 Å². The second-order valence-corrected chi connectivity index (χ2v) is 2.45. The van der Waals surface area contributed by atoms with Crippen molar-refractivity contribution in [3.8, 4) is 0 Å². The lowest BCUT2D eigenvalue weighted by atomic mass is 10.1. The smallest absolute Gasteiger partial charge is 0.109 e. The molecule has 1 atom stereocenters. The predicted molar refractivity (Wildman–Crippen MR) is 47.0 cm³/mol. The van der Waals surface area contributed by atoms with Crippen LogP contribution in [0.2, 0.25) is 0 Å². The first-order valence-corrected chi connectivity index (χ1v) is 3.73. The lowest BCUT2D eigenvalue weighted by molar-refractivity contribution is 0.592. The molecule has 0 aliphatic rings. The van der Waals surface area contributed by atoms with E-state index in [1.807, 2.05) is 6.21 Å². The average Bonchev–Trinajstić information content (AvgIpc) is 1.98. The summed E-state index contributed by atoms with van der Waals surface area (Å²) in [4.78, 5) is 7.70. The first-order valence-electron chi connectivity index (χ1n) is 3.73. The van der Waals surface area contributed by atoms with Gasteiger partial charge in [0, 0.05) is 13.3 Å². The van der Waals surface area contributed by atoms with Gasteiger partial charge in [-0.05, 0) is 12.3 Å². The maximum absolute atomic E-state index is 3.96. The Labute approximate surface area is 63.1 Å². The molecule has 0 amide bonds. The fraction of sp³-hybridized carbons (Fsp3) is 0.750. The van der Waals surface area contributed by atoms with E-state index in [9.17, 15) is 0 Å². The lowest BCUT2D eigenvalue weighted by Crippen LogP contribution is -1.91. The van der Waals surface area contributed by atoms with Gasteiger partial charge in [-0.15, -0.1) is 0 Å². The third-order valence-corrected chi connectivity index (χ3v) is 1.49. The molecule has 0 spiro atoms. The van der Waals surface area contributed by atoms with Crippen LogP contribution in [0.5, 0.6) is 0 Å². The molecule has 0 N–H and O–H groups in total. The molecule has 0 aromatic rings. The van der Waals surface area contributed by atoms with Crippen LogP contribution in [0.3, 0.4) is 0 Å². The van der Waals surface area contributed by atoms with E-state index in [1.165, 1.54) is 6.42 Å². The molecule has 0 saturated carbocycles. The van der Waals surface area contributed by atoms with Gasteiger partial charge in [0.05, 0.1) is 0 Å². The Kier molecular flexibility index (Phi) is 6.03. The highest BCUT2D eigenvalue weighted by Crippen LogP contribution is 2.02. The SMILES string of the molecule is CCC(C)CC=NC=NC. The predicted octanol–water partition coefficient (Wildman–Crippen LogP) is 2.15. The first-order chi connectivity index (χ1) is 4.81. The number of rotatable bonds is 4. The summed E-state index contributed by atoms with van der Waals surface area (Å²) in [5.41, 5.74) is 0. The largest absolute Gasteiger partial charge is 0.277 e. The van der Waals surface area contributed by atoms with Crippen LogP contribution in [0.15, 0.2) is 9.98 Å². The fourth-order valence-corrected chi connectivity index (χ4v) is 0.521. The third-order valence-electron chi connectivity index (χ3n) is 1.49. The summed E-state index contributed by atoms with van der Waals surface area (Å²) < 4.78 is 0. The van der Waals surface area contributed by atoms with Gasteiger partial charge in [-0.2, -0.15) is 0 Å². The van der Waals surface area contributed by atoms with Gasteiger partial charge < -0.3 is 0 Å². The van der Waals surface area contributed by atoms with Crippen molar-refractivity contribution >= 4 is 12.6 Å². The summed E-state index contributed by atoms with van der Waals surface area (Å²) in [6, 6.07) is 0. The van der Waals surface area contributed by atoms with Crippen LogP contribution in [-0.2, 0) is 0 Å². The van der Waals surface area contributed by atoms with E-state index in [4.69, 9.17) is 0 Å². The maximum atomic E-state index is 3.96. The minimum Gasteiger partial charge on any atom is -0.277 e. The summed E-state index contributed by atoms with van der Waals surface area (Å²) in [6.07, 6.45) is 5.77. The van der Waals surface area contributed by atoms with Gasteiger partial charge in [-0.25, -0.2) is 4.99 Å². The van der Waals surface area contributed by atoms with Gasteiger partial charge in [-0.3, -0.25) is 4.99 Å². The van der Waals surface area contributed by atoms with Crippen molar-refractivity contribution in [3.63, 3.8) is 0 Å². The molecule has 0 radical (unpaired) electrons. The third kappa shape index (κ3) is 5.48. The van der Waals surface area contributed by atoms with E-state index in [0.717, 1.165) is 12.3 Å². The van der Waals surface area contributed by atoms with Gasteiger partial charge >= 0.3 is 0 Å². The van der Waals surface area contributed by atoms with Crippen LogP contribution < -0.4 is 0 Å². The van der Waals surface area contributed by atoms with Crippen LogP contribution in [0.25, 0.3) is 0 Å². The van der Waals surface area contributed by atoms with Crippen molar-refractivity contribution in [3.05, 3.63) is 0 Å². The molecule has 0 aromatic carbocycles. The van der Waals surface area contributed by atoms with Crippen LogP contribution in [0.1, 0.15) is 26.7 Å². The molecule has 0 aliphatic heterocycles. The molecule has 0 bridgehead atoms. The first kappa shape index (κ1) is 9.34. The van der Waals surface area contributed by atoms with Gasteiger partial charge in [0.1, 0.15) is 6.34 Å². The Morgan fingerprint density at radius 3 is 2.70 bits per heavy atom. The summed E-state index contributed by atoms with van der Waals surface area (Å²) in [7, 11) is 1.72. The van der Waals surface area contributed by atoms with Crippen LogP contribution in [0, 0.1) is 5.92 Å². The molecule has 10 heavy (non-hydrogen) atoms. The van der Waals surface area contributed by atoms with E-state index in [0.29, 0.717) is 0 Å². The zero-order valence-electron chi connectivity index (χ0n) is 7.04. The quantitative estimate of drug-likeness (QED) is 0.422. The standard InChI is InChI=1S/C8H16N2/c1-4-8(2)5-6-10-7-9-3/h6-8H,4-5H2,1-3H3. The highest BCUT2D eigenvalue weighted by molar-refractivity contribution is 5.72. The topological polar surface area (TPSA) is 24.7 Å². The fourth-order valence-electron chi connectivity index (χ4n) is 0.521. The molecular weight excluding hydrogens is 124 g/mol. The van der Waals surface area contributed by atoms with E-state index < -0.39 is 0 Å². The van der Waals surface area contributed by atoms with Crippen molar-refractivity contribution < 1.29 is 0 Å². The molecular formula is C8H16N2. The van der Waals surface area contributed by atoms with Crippen LogP contribution in [0.4, 0.5) is 0 Å². The summed E-state index contributed by atoms with van der Waals surface area (Å²) in [5, 5.41) is 0. The molecule has 0 saturated heterocycles. The van der Waals surface area contributed by atoms with Gasteiger partial charge in [-0.1, -0.05) is 20.3 Å². The highest BCUT2D eigenvalue weighted by Gasteiger charge is 1.92. The second-order valence-electron chi connectivity index (χ2n) is 2.45. The highest BCUT2D eigenvalue weighted by atomic mass is 14.8. The Morgan fingerprint density at radius 2 is 2.20 bits per heavy atom. The van der Waals surface area contributed by atoms with Gasteiger partial charge in [0.2, 0.25) is 0 Å². The molecule has 2 nitrogen and oxygen atoms in total. The summed E-state index contributed by atoms with van der Waals surface area (Å²) in [5.74, 6) is 0.744. The summed E-state index contributed by atoms with van der Waals surface area (Å²) >= 11 is 0. The molecule has 0 rings (SSSR count). The average molecular weight is 140 g/mol. The normalized spacial score (nSPS) is 15.1. The second kappa shape index (κ2) is 6.46. The van der Waals surface area contributed by atoms with Crippen molar-refractivity contribution in [2.45, 2.75) is 26.7 Å². The Bertz CT molecular complexity index is 116. The Balaban J connectivity index is 3.33. The van der Waals surface area contributed by atoms with E-state index in [-0.39, 0.29) is 0 Å². The number of aliphatic imine (C=N–C) groups is 2. The number of nitrogens with zero attached hydrogens (tertiary/aromatic N) is 2. The molecule has 2 heteroatoms. The van der Waals surface area contributed by atoms with E-state index >= 15 is 0 Å². The van der Waals surface area contributed by atoms with E-state index in [2.05, 4.69) is 23.8 Å². The minimum atomic E-state index is 0.744. The number of hydrogen-bond donors (Lipinski definition) is 0.